The Morgan fingerprint density at radius 1 is 1.71 bits per heavy atom. The summed E-state index contributed by atoms with van der Waals surface area (Å²) < 4.78 is 0. The van der Waals surface area contributed by atoms with Crippen molar-refractivity contribution in [1.82, 2.24) is 0 Å². The summed E-state index contributed by atoms with van der Waals surface area (Å²) in [7, 11) is 0. The highest BCUT2D eigenvalue weighted by atomic mass is 13.7. The van der Waals surface area contributed by atoms with Gasteiger partial charge < -0.3 is 0 Å². The van der Waals surface area contributed by atoms with Crippen LogP contribution in [0.1, 0.15) is 13.3 Å². The maximum atomic E-state index is 3.51. The third-order valence-corrected chi connectivity index (χ3v) is 0.442. The van der Waals surface area contributed by atoms with Gasteiger partial charge in [0, 0.05) is 6.42 Å². The molecule has 0 saturated heterocycles. The average molecular weight is 93.1 g/mol. The Balaban J connectivity index is 3.45. The highest BCUT2D eigenvalue weighted by molar-refractivity contribution is 5.27. The number of hydrogen-bond acceptors (Lipinski definition) is 0. The summed E-state index contributed by atoms with van der Waals surface area (Å²) in [6, 6.07) is 0. The predicted molar refractivity (Wildman–Crippen MR) is 32.6 cm³/mol. The molecule has 0 heteroatoms. The number of rotatable bonds is 0. The van der Waals surface area contributed by atoms with Gasteiger partial charge in [-0.2, -0.15) is 0 Å². The SMILES string of the molecule is [CH2]C(=C)C#CCC. The quantitative estimate of drug-likeness (QED) is 0.400. The van der Waals surface area contributed by atoms with E-state index in [9.17, 15) is 0 Å². The Bertz CT molecular complexity index is 110. The lowest BCUT2D eigenvalue weighted by Crippen LogP contribution is -1.60. The monoisotopic (exact) mass is 93.1 g/mol. The smallest absolute Gasteiger partial charge is 0.00638 e. The van der Waals surface area contributed by atoms with Gasteiger partial charge in [-0.05, 0) is 12.5 Å². The second kappa shape index (κ2) is 3.49. The number of hydrogen-bond donors (Lipinski definition) is 0. The van der Waals surface area contributed by atoms with E-state index in [4.69, 9.17) is 0 Å². The summed E-state index contributed by atoms with van der Waals surface area (Å²) in [5.74, 6) is 5.58. The molecule has 0 saturated carbocycles. The fourth-order valence-electron chi connectivity index (χ4n) is 0.213. The molecule has 0 fully saturated rings. The van der Waals surface area contributed by atoms with Crippen LogP contribution in [0.5, 0.6) is 0 Å². The van der Waals surface area contributed by atoms with E-state index in [1.807, 2.05) is 6.92 Å². The molecule has 0 unspecified atom stereocenters. The molecular weight excluding hydrogens is 84.1 g/mol. The van der Waals surface area contributed by atoms with E-state index in [-0.39, 0.29) is 0 Å². The van der Waals surface area contributed by atoms with Crippen molar-refractivity contribution in [3.63, 3.8) is 0 Å². The second-order valence-electron chi connectivity index (χ2n) is 1.26. The Morgan fingerprint density at radius 3 is 2.43 bits per heavy atom. The molecule has 0 heterocycles. The molecule has 0 spiro atoms. The minimum Gasteiger partial charge on any atom is -0.0985 e. The summed E-state index contributed by atoms with van der Waals surface area (Å²) in [4.78, 5) is 0. The minimum atomic E-state index is 0.696. The van der Waals surface area contributed by atoms with Gasteiger partial charge in [-0.3, -0.25) is 0 Å². The van der Waals surface area contributed by atoms with Crippen LogP contribution in [0.4, 0.5) is 0 Å². The first kappa shape index (κ1) is 6.30. The molecule has 0 amide bonds. The van der Waals surface area contributed by atoms with Crippen LogP contribution in [-0.4, -0.2) is 0 Å². The van der Waals surface area contributed by atoms with Crippen LogP contribution in [0.25, 0.3) is 0 Å². The van der Waals surface area contributed by atoms with Crippen LogP contribution < -0.4 is 0 Å². The van der Waals surface area contributed by atoms with Gasteiger partial charge in [0.1, 0.15) is 0 Å². The Labute approximate surface area is 45.2 Å². The van der Waals surface area contributed by atoms with Gasteiger partial charge in [0.2, 0.25) is 0 Å². The summed E-state index contributed by atoms with van der Waals surface area (Å²) in [6.45, 7) is 9.01. The third kappa shape index (κ3) is 5.30. The van der Waals surface area contributed by atoms with E-state index in [1.54, 1.807) is 0 Å². The van der Waals surface area contributed by atoms with Gasteiger partial charge in [0.05, 0.1) is 0 Å². The summed E-state index contributed by atoms with van der Waals surface area (Å²) >= 11 is 0. The largest absolute Gasteiger partial charge is 0.0985 e. The molecule has 0 aliphatic heterocycles. The average Bonchev–Trinajstić information content (AvgIpc) is 1.61. The van der Waals surface area contributed by atoms with Crippen LogP contribution in [-0.2, 0) is 0 Å². The normalized spacial score (nSPS) is 6.57. The van der Waals surface area contributed by atoms with Crippen molar-refractivity contribution in [2.24, 2.45) is 0 Å². The van der Waals surface area contributed by atoms with E-state index in [0.717, 1.165) is 6.42 Å². The summed E-state index contributed by atoms with van der Waals surface area (Å²) in [5.41, 5.74) is 0.696. The maximum Gasteiger partial charge on any atom is 0.00638 e. The lowest BCUT2D eigenvalue weighted by molar-refractivity contribution is 1.28. The molecule has 37 valence electrons. The van der Waals surface area contributed by atoms with Crippen molar-refractivity contribution in [1.29, 1.82) is 0 Å². The van der Waals surface area contributed by atoms with Crippen molar-refractivity contribution in [2.45, 2.75) is 13.3 Å². The number of allylic oxidation sites excluding steroid dienone is 1. The molecule has 0 aliphatic rings. The van der Waals surface area contributed by atoms with Crippen molar-refractivity contribution < 1.29 is 0 Å². The third-order valence-electron chi connectivity index (χ3n) is 0.442. The molecule has 0 aliphatic carbocycles. The van der Waals surface area contributed by atoms with Gasteiger partial charge in [-0.1, -0.05) is 25.3 Å². The Kier molecular flexibility index (Phi) is 3.14. The van der Waals surface area contributed by atoms with Gasteiger partial charge in [-0.15, -0.1) is 0 Å². The summed E-state index contributed by atoms with van der Waals surface area (Å²) in [5, 5.41) is 0. The highest BCUT2D eigenvalue weighted by Gasteiger charge is 1.65. The first-order valence-corrected chi connectivity index (χ1v) is 2.27. The molecule has 1 radical (unpaired) electrons. The van der Waals surface area contributed by atoms with Crippen molar-refractivity contribution >= 4 is 0 Å². The van der Waals surface area contributed by atoms with Crippen LogP contribution in [0.15, 0.2) is 12.2 Å². The molecule has 0 N–H and O–H groups in total. The zero-order valence-corrected chi connectivity index (χ0v) is 4.62. The zero-order valence-electron chi connectivity index (χ0n) is 4.62. The predicted octanol–water partition coefficient (Wildman–Crippen LogP) is 1.79. The fourth-order valence-corrected chi connectivity index (χ4v) is 0.213. The molecule has 0 nitrogen and oxygen atoms in total. The molecule has 0 rings (SSSR count). The first-order valence-electron chi connectivity index (χ1n) is 2.27. The van der Waals surface area contributed by atoms with Crippen molar-refractivity contribution in [3.8, 4) is 11.8 Å². The highest BCUT2D eigenvalue weighted by Crippen LogP contribution is 1.79. The van der Waals surface area contributed by atoms with E-state index >= 15 is 0 Å². The topological polar surface area (TPSA) is 0 Å². The van der Waals surface area contributed by atoms with E-state index < -0.39 is 0 Å². The molecule has 0 aromatic rings. The van der Waals surface area contributed by atoms with E-state index in [1.165, 1.54) is 0 Å². The van der Waals surface area contributed by atoms with Gasteiger partial charge in [0.15, 0.2) is 0 Å². The Hall–Kier alpha value is -0.700. The van der Waals surface area contributed by atoms with Gasteiger partial charge in [-0.25, -0.2) is 0 Å². The zero-order chi connectivity index (χ0) is 5.70. The van der Waals surface area contributed by atoms with Crippen LogP contribution in [0.2, 0.25) is 0 Å². The maximum absolute atomic E-state index is 3.51. The first-order chi connectivity index (χ1) is 3.27. The molecular formula is C7H9. The molecule has 0 atom stereocenters. The summed E-state index contributed by atoms with van der Waals surface area (Å²) in [6.07, 6.45) is 0.883. The van der Waals surface area contributed by atoms with E-state index in [0.29, 0.717) is 5.57 Å². The lowest BCUT2D eigenvalue weighted by Gasteiger charge is -1.72. The van der Waals surface area contributed by atoms with Crippen LogP contribution in [0, 0.1) is 18.8 Å². The van der Waals surface area contributed by atoms with E-state index in [2.05, 4.69) is 25.3 Å². The Morgan fingerprint density at radius 2 is 2.29 bits per heavy atom. The molecule has 0 aromatic heterocycles. The minimum absolute atomic E-state index is 0.696. The standard InChI is InChI=1S/C7H9/c1-4-5-6-7(2)3/h2-4H2,1H3. The van der Waals surface area contributed by atoms with Gasteiger partial charge >= 0.3 is 0 Å². The fraction of sp³-hybridized carbons (Fsp3) is 0.286. The van der Waals surface area contributed by atoms with Crippen molar-refractivity contribution in [2.75, 3.05) is 0 Å². The second-order valence-corrected chi connectivity index (χ2v) is 1.26. The van der Waals surface area contributed by atoms with Crippen molar-refractivity contribution in [3.05, 3.63) is 19.1 Å². The van der Waals surface area contributed by atoms with Gasteiger partial charge in [0.25, 0.3) is 0 Å². The lowest BCUT2D eigenvalue weighted by atomic mass is 10.3. The van der Waals surface area contributed by atoms with Crippen LogP contribution in [0.3, 0.4) is 0 Å². The molecule has 7 heavy (non-hydrogen) atoms. The molecule has 0 aromatic carbocycles. The molecule has 0 bridgehead atoms. The van der Waals surface area contributed by atoms with Crippen LogP contribution >= 0.6 is 0 Å².